The number of aromatic nitrogens is 3. The average molecular weight is 600 g/mol. The first-order chi connectivity index (χ1) is 20.0. The van der Waals surface area contributed by atoms with Crippen LogP contribution in [-0.4, -0.2) is 44.4 Å². The van der Waals surface area contributed by atoms with Gasteiger partial charge in [0, 0.05) is 10.9 Å². The number of hydrogen-bond donors (Lipinski definition) is 2. The summed E-state index contributed by atoms with van der Waals surface area (Å²) < 4.78 is 12.7. The van der Waals surface area contributed by atoms with E-state index in [-0.39, 0.29) is 42.7 Å². The fourth-order valence-corrected chi connectivity index (χ4v) is 7.76. The van der Waals surface area contributed by atoms with E-state index in [0.717, 1.165) is 63.4 Å². The van der Waals surface area contributed by atoms with Crippen LogP contribution in [0.1, 0.15) is 108 Å². The number of rotatable bonds is 10. The lowest BCUT2D eigenvalue weighted by Crippen LogP contribution is -2.27. The number of aryl methyl sites for hydroxylation is 1. The predicted molar refractivity (Wildman–Crippen MR) is 158 cm³/mol. The first-order valence-electron chi connectivity index (χ1n) is 14.5. The Morgan fingerprint density at radius 1 is 1.15 bits per heavy atom. The fourth-order valence-electron chi connectivity index (χ4n) is 5.54. The summed E-state index contributed by atoms with van der Waals surface area (Å²) in [6.07, 6.45) is 11.8. The molecule has 0 spiro atoms. The molecule has 0 aliphatic heterocycles. The Morgan fingerprint density at radius 2 is 1.93 bits per heavy atom. The van der Waals surface area contributed by atoms with Crippen LogP contribution in [0, 0.1) is 0 Å². The maximum absolute atomic E-state index is 13.5. The van der Waals surface area contributed by atoms with Gasteiger partial charge in [-0.1, -0.05) is 37.4 Å². The number of nitrogens with zero attached hydrogens (tertiary/aromatic N) is 3. The molecule has 220 valence electrons. The van der Waals surface area contributed by atoms with Crippen molar-refractivity contribution in [3.8, 4) is 0 Å². The molecule has 2 N–H and O–H groups in total. The molecule has 0 bridgehead atoms. The van der Waals surface area contributed by atoms with Crippen LogP contribution in [0.2, 0.25) is 0 Å². The number of esters is 1. The van der Waals surface area contributed by atoms with E-state index < -0.39 is 5.25 Å². The van der Waals surface area contributed by atoms with E-state index in [2.05, 4.69) is 25.4 Å². The van der Waals surface area contributed by atoms with Crippen LogP contribution in [-0.2, 0) is 28.9 Å². The van der Waals surface area contributed by atoms with Gasteiger partial charge in [-0.3, -0.25) is 9.59 Å². The molecule has 0 aromatic carbocycles. The van der Waals surface area contributed by atoms with E-state index >= 15 is 0 Å². The highest BCUT2D eigenvalue weighted by molar-refractivity contribution is 8.00. The number of thioether (sulfide) groups is 1. The van der Waals surface area contributed by atoms with Crippen molar-refractivity contribution in [1.82, 2.24) is 20.1 Å². The molecule has 3 aromatic rings. The summed E-state index contributed by atoms with van der Waals surface area (Å²) in [4.78, 5) is 40.0. The van der Waals surface area contributed by atoms with Gasteiger partial charge in [0.05, 0.1) is 30.2 Å². The van der Waals surface area contributed by atoms with Crippen LogP contribution in [0.5, 0.6) is 0 Å². The van der Waals surface area contributed by atoms with Gasteiger partial charge < -0.3 is 24.4 Å². The van der Waals surface area contributed by atoms with Crippen molar-refractivity contribution >= 4 is 45.9 Å². The third-order valence-corrected chi connectivity index (χ3v) is 9.88. The minimum Gasteiger partial charge on any atom is -0.462 e. The summed E-state index contributed by atoms with van der Waals surface area (Å²) in [5.41, 5.74) is 1.54. The second-order valence-electron chi connectivity index (χ2n) is 10.5. The van der Waals surface area contributed by atoms with Crippen LogP contribution in [0.3, 0.4) is 0 Å². The molecule has 12 heteroatoms. The van der Waals surface area contributed by atoms with Crippen molar-refractivity contribution in [2.75, 3.05) is 11.9 Å². The van der Waals surface area contributed by atoms with Gasteiger partial charge in [-0.2, -0.15) is 0 Å². The highest BCUT2D eigenvalue weighted by Gasteiger charge is 2.30. The van der Waals surface area contributed by atoms with Gasteiger partial charge >= 0.3 is 5.97 Å². The highest BCUT2D eigenvalue weighted by atomic mass is 32.2. The molecule has 1 atom stereocenters. The van der Waals surface area contributed by atoms with E-state index in [9.17, 15) is 14.4 Å². The van der Waals surface area contributed by atoms with E-state index in [4.69, 9.17) is 9.15 Å². The zero-order valence-electron chi connectivity index (χ0n) is 23.6. The van der Waals surface area contributed by atoms with Crippen molar-refractivity contribution in [1.29, 1.82) is 0 Å². The van der Waals surface area contributed by atoms with Crippen molar-refractivity contribution < 1.29 is 23.5 Å². The van der Waals surface area contributed by atoms with Gasteiger partial charge in [0.15, 0.2) is 16.7 Å². The molecule has 41 heavy (non-hydrogen) atoms. The van der Waals surface area contributed by atoms with Gasteiger partial charge in [0.2, 0.25) is 5.91 Å². The lowest BCUT2D eigenvalue weighted by molar-refractivity contribution is -0.115. The van der Waals surface area contributed by atoms with Crippen molar-refractivity contribution in [3.63, 3.8) is 0 Å². The molecule has 0 radical (unpaired) electrons. The fraction of sp³-hybridized carbons (Fsp3) is 0.552. The number of carbonyl (C=O) groups is 3. The number of fused-ring (bicyclic) bond motifs is 1. The van der Waals surface area contributed by atoms with Crippen molar-refractivity contribution in [3.05, 3.63) is 46.0 Å². The SMILES string of the molecule is CCOC(=O)c1c(NC(=O)C(C)Sc2nnc(CNC(=O)c3ccco3)n2C2CCCCC2)sc2c1CCCCC2. The Morgan fingerprint density at radius 3 is 2.68 bits per heavy atom. The zero-order valence-corrected chi connectivity index (χ0v) is 25.2. The lowest BCUT2D eigenvalue weighted by atomic mass is 9.95. The van der Waals surface area contributed by atoms with Crippen molar-refractivity contribution in [2.45, 2.75) is 101 Å². The summed E-state index contributed by atoms with van der Waals surface area (Å²) >= 11 is 2.84. The Labute approximate surface area is 248 Å². The van der Waals surface area contributed by atoms with Crippen LogP contribution in [0.4, 0.5) is 5.00 Å². The van der Waals surface area contributed by atoms with E-state index in [1.165, 1.54) is 40.7 Å². The molecular weight excluding hydrogens is 562 g/mol. The van der Waals surface area contributed by atoms with Gasteiger partial charge in [-0.05, 0) is 70.1 Å². The summed E-state index contributed by atoms with van der Waals surface area (Å²) in [6.45, 7) is 4.11. The predicted octanol–water partition coefficient (Wildman–Crippen LogP) is 5.93. The molecular formula is C29H37N5O5S2. The van der Waals surface area contributed by atoms with Gasteiger partial charge in [-0.15, -0.1) is 21.5 Å². The van der Waals surface area contributed by atoms with E-state index in [1.807, 2.05) is 6.92 Å². The van der Waals surface area contributed by atoms with Crippen molar-refractivity contribution in [2.24, 2.45) is 0 Å². The van der Waals surface area contributed by atoms with Gasteiger partial charge in [-0.25, -0.2) is 4.79 Å². The molecule has 5 rings (SSSR count). The lowest BCUT2D eigenvalue weighted by Gasteiger charge is -2.26. The third kappa shape index (κ3) is 6.86. The summed E-state index contributed by atoms with van der Waals surface area (Å²) in [5.74, 6) is -0.00861. The molecule has 2 aliphatic carbocycles. The Kier molecular flexibility index (Phi) is 9.81. The second kappa shape index (κ2) is 13.7. The molecule has 0 saturated heterocycles. The molecule has 10 nitrogen and oxygen atoms in total. The number of thiophene rings is 1. The molecule has 1 saturated carbocycles. The first-order valence-corrected chi connectivity index (χ1v) is 16.2. The van der Waals surface area contributed by atoms with Gasteiger partial charge in [0.25, 0.3) is 5.91 Å². The number of furan rings is 1. The number of anilines is 1. The Balaban J connectivity index is 1.33. The molecule has 1 fully saturated rings. The number of hydrogen-bond acceptors (Lipinski definition) is 9. The molecule has 3 aromatic heterocycles. The quantitative estimate of drug-likeness (QED) is 0.167. The number of nitrogens with one attached hydrogen (secondary N) is 2. The molecule has 2 amide bonds. The topological polar surface area (TPSA) is 128 Å². The Bertz CT molecular complexity index is 1360. The maximum atomic E-state index is 13.5. The monoisotopic (exact) mass is 599 g/mol. The minimum atomic E-state index is -0.496. The summed E-state index contributed by atoms with van der Waals surface area (Å²) in [6, 6.07) is 3.49. The zero-order chi connectivity index (χ0) is 28.8. The summed E-state index contributed by atoms with van der Waals surface area (Å²) in [5, 5.41) is 15.5. The number of ether oxygens (including phenoxy) is 1. The van der Waals surface area contributed by atoms with E-state index in [0.29, 0.717) is 21.5 Å². The summed E-state index contributed by atoms with van der Waals surface area (Å²) in [7, 11) is 0. The van der Waals surface area contributed by atoms with Crippen LogP contribution >= 0.6 is 23.1 Å². The highest BCUT2D eigenvalue weighted by Crippen LogP contribution is 2.39. The minimum absolute atomic E-state index is 0.202. The third-order valence-electron chi connectivity index (χ3n) is 7.62. The smallest absolute Gasteiger partial charge is 0.341 e. The first kappa shape index (κ1) is 29.4. The van der Waals surface area contributed by atoms with Crippen LogP contribution in [0.25, 0.3) is 0 Å². The number of amides is 2. The average Bonchev–Trinajstić information content (AvgIpc) is 3.69. The largest absolute Gasteiger partial charge is 0.462 e. The Hall–Kier alpha value is -3.12. The molecule has 3 heterocycles. The number of carbonyl (C=O) groups excluding carboxylic acids is 3. The standard InChI is InChI=1S/C29H37N5O5S2/c1-3-38-28(37)24-20-13-8-5-9-15-22(20)41-27(24)31-25(35)18(2)40-29-33-32-23(34(29)19-11-6-4-7-12-19)17-30-26(36)21-14-10-16-39-21/h10,14,16,18-19H,3-9,11-13,15,17H2,1-2H3,(H,30,36)(H,31,35). The van der Waals surface area contributed by atoms with Gasteiger partial charge in [0.1, 0.15) is 5.00 Å². The van der Waals surface area contributed by atoms with Crippen LogP contribution in [0.15, 0.2) is 28.0 Å². The molecule has 1 unspecified atom stereocenters. The normalized spacial score (nSPS) is 16.4. The van der Waals surface area contributed by atoms with Crippen LogP contribution < -0.4 is 10.6 Å². The maximum Gasteiger partial charge on any atom is 0.341 e. The van der Waals surface area contributed by atoms with E-state index in [1.54, 1.807) is 19.1 Å². The molecule has 2 aliphatic rings. The second-order valence-corrected chi connectivity index (χ2v) is 12.9.